The van der Waals surface area contributed by atoms with Gasteiger partial charge in [0, 0.05) is 5.57 Å². The fourth-order valence-corrected chi connectivity index (χ4v) is 2.08. The second-order valence-corrected chi connectivity index (χ2v) is 4.71. The average molecular weight is 266 g/mol. The number of aryl methyl sites for hydroxylation is 1. The van der Waals surface area contributed by atoms with E-state index in [1.54, 1.807) is 0 Å². The molecule has 0 saturated carbocycles. The number of hydrogen-bond acceptors (Lipinski definition) is 1. The molecule has 2 rings (SSSR count). The van der Waals surface area contributed by atoms with Crippen LogP contribution in [0, 0.1) is 0 Å². The van der Waals surface area contributed by atoms with E-state index in [9.17, 15) is 9.90 Å². The van der Waals surface area contributed by atoms with Crippen LogP contribution in [0.1, 0.15) is 17.5 Å². The first kappa shape index (κ1) is 14.1. The minimum Gasteiger partial charge on any atom is -0.478 e. The van der Waals surface area contributed by atoms with Crippen LogP contribution in [0.2, 0.25) is 0 Å². The fourth-order valence-electron chi connectivity index (χ4n) is 2.08. The molecule has 2 heteroatoms. The first-order chi connectivity index (χ1) is 9.75. The Bertz CT molecular complexity index is 571. The van der Waals surface area contributed by atoms with Crippen molar-refractivity contribution in [1.82, 2.24) is 0 Å². The topological polar surface area (TPSA) is 37.3 Å². The van der Waals surface area contributed by atoms with Crippen LogP contribution < -0.4 is 0 Å². The van der Waals surface area contributed by atoms with Gasteiger partial charge in [-0.15, -0.1) is 0 Å². The van der Waals surface area contributed by atoms with E-state index in [4.69, 9.17) is 0 Å². The number of allylic oxidation sites excluding steroid dienone is 1. The van der Waals surface area contributed by atoms with Gasteiger partial charge in [-0.3, -0.25) is 0 Å². The summed E-state index contributed by atoms with van der Waals surface area (Å²) >= 11 is 0. The van der Waals surface area contributed by atoms with Gasteiger partial charge < -0.3 is 5.11 Å². The highest BCUT2D eigenvalue weighted by Crippen LogP contribution is 2.11. The highest BCUT2D eigenvalue weighted by molar-refractivity contribution is 5.86. The van der Waals surface area contributed by atoms with Crippen molar-refractivity contribution in [1.29, 1.82) is 0 Å². The highest BCUT2D eigenvalue weighted by Gasteiger charge is 2.07. The summed E-state index contributed by atoms with van der Waals surface area (Å²) in [7, 11) is 0. The molecule has 0 heterocycles. The number of aliphatic carboxylic acids is 1. The van der Waals surface area contributed by atoms with Crippen LogP contribution in [-0.2, 0) is 17.6 Å². The Hall–Kier alpha value is -2.35. The molecule has 0 saturated heterocycles. The van der Waals surface area contributed by atoms with Gasteiger partial charge in [0.1, 0.15) is 0 Å². The maximum Gasteiger partial charge on any atom is 0.331 e. The van der Waals surface area contributed by atoms with E-state index in [2.05, 4.69) is 0 Å². The number of carboxylic acid groups (broad SMARTS) is 1. The van der Waals surface area contributed by atoms with Crippen LogP contribution in [-0.4, -0.2) is 11.1 Å². The third kappa shape index (κ3) is 4.39. The first-order valence-corrected chi connectivity index (χ1v) is 6.76. The lowest BCUT2D eigenvalue weighted by molar-refractivity contribution is -0.132. The summed E-state index contributed by atoms with van der Waals surface area (Å²) in [5.74, 6) is -0.822. The molecule has 0 spiro atoms. The third-order valence-corrected chi connectivity index (χ3v) is 3.23. The van der Waals surface area contributed by atoms with Crippen LogP contribution in [0.25, 0.3) is 0 Å². The monoisotopic (exact) mass is 266 g/mol. The molecule has 1 N–H and O–H groups in total. The van der Waals surface area contributed by atoms with Crippen molar-refractivity contribution in [3.05, 3.63) is 83.4 Å². The van der Waals surface area contributed by atoms with Gasteiger partial charge >= 0.3 is 5.97 Å². The molecule has 2 aromatic rings. The Morgan fingerprint density at radius 3 is 2.00 bits per heavy atom. The van der Waals surface area contributed by atoms with Crippen LogP contribution in [0.4, 0.5) is 0 Å². The minimum absolute atomic E-state index is 0.484. The summed E-state index contributed by atoms with van der Waals surface area (Å²) in [5, 5.41) is 9.26. The van der Waals surface area contributed by atoms with Gasteiger partial charge in [0.2, 0.25) is 0 Å². The SMILES string of the molecule is O=C(O)/C(=C/Cc1ccccc1)CCc1ccccc1. The molecular formula is C18H18O2. The average Bonchev–Trinajstić information content (AvgIpc) is 2.49. The zero-order chi connectivity index (χ0) is 14.2. The van der Waals surface area contributed by atoms with Gasteiger partial charge in [-0.25, -0.2) is 4.79 Å². The van der Waals surface area contributed by atoms with Crippen molar-refractivity contribution >= 4 is 5.97 Å². The lowest BCUT2D eigenvalue weighted by Crippen LogP contribution is -2.03. The molecule has 0 unspecified atom stereocenters. The summed E-state index contributed by atoms with van der Waals surface area (Å²) in [6.07, 6.45) is 3.80. The van der Waals surface area contributed by atoms with E-state index < -0.39 is 5.97 Å². The van der Waals surface area contributed by atoms with Gasteiger partial charge in [0.25, 0.3) is 0 Å². The lowest BCUT2D eigenvalue weighted by Gasteiger charge is -2.04. The van der Waals surface area contributed by atoms with E-state index in [0.717, 1.165) is 12.0 Å². The Kier molecular flexibility index (Phi) is 5.13. The van der Waals surface area contributed by atoms with Gasteiger partial charge in [-0.1, -0.05) is 66.7 Å². The van der Waals surface area contributed by atoms with Crippen molar-refractivity contribution in [3.8, 4) is 0 Å². The van der Waals surface area contributed by atoms with E-state index in [-0.39, 0.29) is 0 Å². The first-order valence-electron chi connectivity index (χ1n) is 6.76. The zero-order valence-corrected chi connectivity index (χ0v) is 11.3. The molecular weight excluding hydrogens is 248 g/mol. The highest BCUT2D eigenvalue weighted by atomic mass is 16.4. The Morgan fingerprint density at radius 1 is 0.900 bits per heavy atom. The fraction of sp³-hybridized carbons (Fsp3) is 0.167. The number of benzene rings is 2. The maximum absolute atomic E-state index is 11.3. The summed E-state index contributed by atoms with van der Waals surface area (Å²) in [6.45, 7) is 0. The van der Waals surface area contributed by atoms with Crippen molar-refractivity contribution in [3.63, 3.8) is 0 Å². The molecule has 2 nitrogen and oxygen atoms in total. The number of carboxylic acids is 1. The standard InChI is InChI=1S/C18H18O2/c19-18(20)17(13-11-15-7-3-1-4-8-15)14-12-16-9-5-2-6-10-16/h1-10,13H,11-12,14H2,(H,19,20)/b17-13+. The molecule has 2 aromatic carbocycles. The van der Waals surface area contributed by atoms with E-state index >= 15 is 0 Å². The van der Waals surface area contributed by atoms with Crippen molar-refractivity contribution in [2.45, 2.75) is 19.3 Å². The summed E-state index contributed by atoms with van der Waals surface area (Å²) in [4.78, 5) is 11.3. The molecule has 0 fully saturated rings. The molecule has 0 aromatic heterocycles. The largest absolute Gasteiger partial charge is 0.478 e. The predicted octanol–water partition coefficient (Wildman–Crippen LogP) is 3.87. The normalized spacial score (nSPS) is 11.3. The summed E-state index contributed by atoms with van der Waals surface area (Å²) in [6, 6.07) is 19.9. The smallest absolute Gasteiger partial charge is 0.331 e. The summed E-state index contributed by atoms with van der Waals surface area (Å²) < 4.78 is 0. The van der Waals surface area contributed by atoms with Crippen molar-refractivity contribution in [2.24, 2.45) is 0 Å². The molecule has 0 aliphatic heterocycles. The Balaban J connectivity index is 1.98. The Labute approximate surface area is 119 Å². The molecule has 20 heavy (non-hydrogen) atoms. The van der Waals surface area contributed by atoms with Crippen LogP contribution in [0.15, 0.2) is 72.3 Å². The molecule has 0 aliphatic carbocycles. The third-order valence-electron chi connectivity index (χ3n) is 3.23. The molecule has 0 bridgehead atoms. The van der Waals surface area contributed by atoms with Crippen LogP contribution >= 0.6 is 0 Å². The summed E-state index contributed by atoms with van der Waals surface area (Å²) in [5.41, 5.74) is 2.78. The molecule has 102 valence electrons. The number of rotatable bonds is 6. The van der Waals surface area contributed by atoms with E-state index in [0.29, 0.717) is 18.4 Å². The predicted molar refractivity (Wildman–Crippen MR) is 80.6 cm³/mol. The van der Waals surface area contributed by atoms with Crippen LogP contribution in [0.5, 0.6) is 0 Å². The zero-order valence-electron chi connectivity index (χ0n) is 11.3. The molecule has 0 aliphatic rings. The van der Waals surface area contributed by atoms with Gasteiger partial charge in [-0.2, -0.15) is 0 Å². The number of carbonyl (C=O) groups is 1. The molecule has 0 atom stereocenters. The quantitative estimate of drug-likeness (QED) is 0.806. The Morgan fingerprint density at radius 2 is 1.45 bits per heavy atom. The number of hydrogen-bond donors (Lipinski definition) is 1. The van der Waals surface area contributed by atoms with Gasteiger partial charge in [0.05, 0.1) is 0 Å². The maximum atomic E-state index is 11.3. The lowest BCUT2D eigenvalue weighted by atomic mass is 10.0. The van der Waals surface area contributed by atoms with Crippen molar-refractivity contribution < 1.29 is 9.90 Å². The van der Waals surface area contributed by atoms with E-state index in [1.807, 2.05) is 66.7 Å². The molecule has 0 amide bonds. The van der Waals surface area contributed by atoms with Crippen molar-refractivity contribution in [2.75, 3.05) is 0 Å². The minimum atomic E-state index is -0.822. The second-order valence-electron chi connectivity index (χ2n) is 4.71. The second kappa shape index (κ2) is 7.29. The molecule has 0 radical (unpaired) electrons. The van der Waals surface area contributed by atoms with Crippen LogP contribution in [0.3, 0.4) is 0 Å². The van der Waals surface area contributed by atoms with Gasteiger partial charge in [0.15, 0.2) is 0 Å². The van der Waals surface area contributed by atoms with Gasteiger partial charge in [-0.05, 0) is 30.4 Å². The van der Waals surface area contributed by atoms with E-state index in [1.165, 1.54) is 5.56 Å².